The molecule has 0 spiro atoms. The molecule has 0 saturated heterocycles. The second kappa shape index (κ2) is 5.61. The highest BCUT2D eigenvalue weighted by atomic mass is 16.5. The Hall–Kier alpha value is -3.07. The molecule has 23 heavy (non-hydrogen) atoms. The lowest BCUT2D eigenvalue weighted by molar-refractivity contribution is 0.417. The zero-order valence-corrected chi connectivity index (χ0v) is 12.8. The molecule has 112 valence electrons. The van der Waals surface area contributed by atoms with Gasteiger partial charge in [-0.25, -0.2) is 4.98 Å². The van der Waals surface area contributed by atoms with E-state index in [4.69, 9.17) is 9.72 Å². The summed E-state index contributed by atoms with van der Waals surface area (Å²) in [5, 5.41) is 0. The van der Waals surface area contributed by atoms with Gasteiger partial charge in [-0.1, -0.05) is 54.6 Å². The molecule has 0 N–H and O–H groups in total. The molecule has 0 saturated carbocycles. The monoisotopic (exact) mass is 300 g/mol. The molecule has 4 aromatic rings. The Morgan fingerprint density at radius 3 is 2.22 bits per heavy atom. The molecule has 0 radical (unpaired) electrons. The molecule has 0 unspecified atom stereocenters. The van der Waals surface area contributed by atoms with Crippen LogP contribution in [0.5, 0.6) is 5.75 Å². The van der Waals surface area contributed by atoms with Crippen LogP contribution in [0.25, 0.3) is 28.0 Å². The molecule has 0 atom stereocenters. The fourth-order valence-corrected chi connectivity index (χ4v) is 2.75. The predicted octanol–water partition coefficient (Wildman–Crippen LogP) is 4.68. The Morgan fingerprint density at radius 1 is 0.783 bits per heavy atom. The van der Waals surface area contributed by atoms with Crippen LogP contribution < -0.4 is 4.74 Å². The summed E-state index contributed by atoms with van der Waals surface area (Å²) in [6.07, 6.45) is 4.00. The van der Waals surface area contributed by atoms with Crippen molar-refractivity contribution in [2.45, 2.75) is 0 Å². The van der Waals surface area contributed by atoms with Gasteiger partial charge in [-0.2, -0.15) is 0 Å². The molecular formula is C20H16N2O. The summed E-state index contributed by atoms with van der Waals surface area (Å²) in [7, 11) is 1.67. The van der Waals surface area contributed by atoms with E-state index in [1.54, 1.807) is 7.11 Å². The first kappa shape index (κ1) is 13.6. The molecule has 2 aromatic carbocycles. The molecule has 3 heteroatoms. The number of pyridine rings is 1. The Kier molecular flexibility index (Phi) is 3.31. The summed E-state index contributed by atoms with van der Waals surface area (Å²) in [4.78, 5) is 4.69. The fraction of sp³-hybridized carbons (Fsp3) is 0.0500. The van der Waals surface area contributed by atoms with Crippen LogP contribution >= 0.6 is 0 Å². The number of benzene rings is 2. The summed E-state index contributed by atoms with van der Waals surface area (Å²) in [5.41, 5.74) is 5.29. The lowest BCUT2D eigenvalue weighted by atomic mass is 10.0. The molecule has 0 aliphatic rings. The van der Waals surface area contributed by atoms with E-state index in [1.807, 2.05) is 35.0 Å². The highest BCUT2D eigenvalue weighted by molar-refractivity contribution is 5.70. The summed E-state index contributed by atoms with van der Waals surface area (Å²) < 4.78 is 7.36. The lowest BCUT2D eigenvalue weighted by Gasteiger charge is -2.02. The second-order valence-corrected chi connectivity index (χ2v) is 5.38. The minimum atomic E-state index is 0.777. The lowest BCUT2D eigenvalue weighted by Crippen LogP contribution is -1.88. The Balaban J connectivity index is 1.74. The summed E-state index contributed by atoms with van der Waals surface area (Å²) in [6.45, 7) is 0. The van der Waals surface area contributed by atoms with E-state index in [9.17, 15) is 0 Å². The zero-order chi connectivity index (χ0) is 15.6. The van der Waals surface area contributed by atoms with Gasteiger partial charge in [-0.3, -0.25) is 0 Å². The van der Waals surface area contributed by atoms with Crippen LogP contribution in [0.15, 0.2) is 79.1 Å². The van der Waals surface area contributed by atoms with E-state index in [1.165, 1.54) is 11.1 Å². The van der Waals surface area contributed by atoms with Gasteiger partial charge < -0.3 is 9.14 Å². The summed E-state index contributed by atoms with van der Waals surface area (Å²) in [5.74, 6) is 0.777. The third-order valence-electron chi connectivity index (χ3n) is 3.95. The van der Waals surface area contributed by atoms with Crippen molar-refractivity contribution in [2.24, 2.45) is 0 Å². The van der Waals surface area contributed by atoms with Crippen molar-refractivity contribution in [1.29, 1.82) is 0 Å². The first-order valence-corrected chi connectivity index (χ1v) is 7.53. The molecule has 4 rings (SSSR count). The van der Waals surface area contributed by atoms with Gasteiger partial charge in [-0.05, 0) is 23.3 Å². The number of hydrogen-bond acceptors (Lipinski definition) is 2. The van der Waals surface area contributed by atoms with Crippen molar-refractivity contribution >= 4 is 5.65 Å². The number of rotatable bonds is 3. The highest BCUT2D eigenvalue weighted by Gasteiger charge is 2.08. The standard InChI is InChI=1S/C20H16N2O/c1-23-19-8-5-13-22-14-18(21-20(19)22)17-11-9-16(10-12-17)15-6-3-2-4-7-15/h2-14H,1H3. The number of methoxy groups -OCH3 is 1. The molecule has 0 aliphatic heterocycles. The third kappa shape index (κ3) is 2.46. The third-order valence-corrected chi connectivity index (χ3v) is 3.95. The van der Waals surface area contributed by atoms with Crippen molar-refractivity contribution in [2.75, 3.05) is 7.11 Å². The number of ether oxygens (including phenoxy) is 1. The normalized spacial score (nSPS) is 10.8. The largest absolute Gasteiger partial charge is 0.493 e. The molecule has 2 aromatic heterocycles. The van der Waals surface area contributed by atoms with Crippen LogP contribution in [0.1, 0.15) is 0 Å². The number of fused-ring (bicyclic) bond motifs is 1. The Labute approximate surface area is 134 Å². The number of hydrogen-bond donors (Lipinski definition) is 0. The maximum Gasteiger partial charge on any atom is 0.180 e. The van der Waals surface area contributed by atoms with Crippen LogP contribution in [0.3, 0.4) is 0 Å². The molecule has 0 aliphatic carbocycles. The van der Waals surface area contributed by atoms with E-state index in [0.29, 0.717) is 0 Å². The van der Waals surface area contributed by atoms with Gasteiger partial charge in [0.15, 0.2) is 11.4 Å². The average Bonchev–Trinajstić information content (AvgIpc) is 3.07. The van der Waals surface area contributed by atoms with Gasteiger partial charge in [0.05, 0.1) is 12.8 Å². The fourth-order valence-electron chi connectivity index (χ4n) is 2.75. The number of nitrogens with zero attached hydrogens (tertiary/aromatic N) is 2. The van der Waals surface area contributed by atoms with Crippen molar-refractivity contribution in [3.05, 3.63) is 79.1 Å². The van der Waals surface area contributed by atoms with Crippen LogP contribution in [-0.4, -0.2) is 16.5 Å². The van der Waals surface area contributed by atoms with Crippen LogP contribution in [0.4, 0.5) is 0 Å². The SMILES string of the molecule is COc1cccn2cc(-c3ccc(-c4ccccc4)cc3)nc12. The molecule has 0 bridgehead atoms. The van der Waals surface area contributed by atoms with Crippen molar-refractivity contribution in [1.82, 2.24) is 9.38 Å². The predicted molar refractivity (Wildman–Crippen MR) is 92.6 cm³/mol. The van der Waals surface area contributed by atoms with E-state index < -0.39 is 0 Å². The Morgan fingerprint density at radius 2 is 1.48 bits per heavy atom. The Bertz CT molecular complexity index is 940. The van der Waals surface area contributed by atoms with Gasteiger partial charge in [0, 0.05) is 18.0 Å². The zero-order valence-electron chi connectivity index (χ0n) is 12.8. The summed E-state index contributed by atoms with van der Waals surface area (Å²) in [6, 6.07) is 22.7. The van der Waals surface area contributed by atoms with Crippen LogP contribution in [0, 0.1) is 0 Å². The van der Waals surface area contributed by atoms with E-state index >= 15 is 0 Å². The van der Waals surface area contributed by atoms with Gasteiger partial charge in [0.25, 0.3) is 0 Å². The molecule has 0 fully saturated rings. The van der Waals surface area contributed by atoms with E-state index in [0.717, 1.165) is 22.7 Å². The maximum absolute atomic E-state index is 5.37. The van der Waals surface area contributed by atoms with Gasteiger partial charge >= 0.3 is 0 Å². The highest BCUT2D eigenvalue weighted by Crippen LogP contribution is 2.26. The maximum atomic E-state index is 5.37. The molecule has 2 heterocycles. The smallest absolute Gasteiger partial charge is 0.180 e. The van der Waals surface area contributed by atoms with Crippen molar-refractivity contribution in [3.8, 4) is 28.1 Å². The van der Waals surface area contributed by atoms with Gasteiger partial charge in [-0.15, -0.1) is 0 Å². The average molecular weight is 300 g/mol. The first-order chi connectivity index (χ1) is 11.3. The first-order valence-electron chi connectivity index (χ1n) is 7.53. The van der Waals surface area contributed by atoms with Gasteiger partial charge in [0.2, 0.25) is 0 Å². The summed E-state index contributed by atoms with van der Waals surface area (Å²) >= 11 is 0. The minimum Gasteiger partial charge on any atom is -0.493 e. The van der Waals surface area contributed by atoms with Crippen LogP contribution in [-0.2, 0) is 0 Å². The van der Waals surface area contributed by atoms with E-state index in [-0.39, 0.29) is 0 Å². The van der Waals surface area contributed by atoms with E-state index in [2.05, 4.69) is 48.5 Å². The topological polar surface area (TPSA) is 26.5 Å². The molecule has 0 amide bonds. The van der Waals surface area contributed by atoms with Crippen molar-refractivity contribution < 1.29 is 4.74 Å². The van der Waals surface area contributed by atoms with Gasteiger partial charge in [0.1, 0.15) is 0 Å². The quantitative estimate of drug-likeness (QED) is 0.549. The van der Waals surface area contributed by atoms with Crippen molar-refractivity contribution in [3.63, 3.8) is 0 Å². The number of imidazole rings is 1. The minimum absolute atomic E-state index is 0.777. The van der Waals surface area contributed by atoms with Crippen LogP contribution in [0.2, 0.25) is 0 Å². The molecular weight excluding hydrogens is 284 g/mol. The molecule has 3 nitrogen and oxygen atoms in total. The second-order valence-electron chi connectivity index (χ2n) is 5.38. The number of aromatic nitrogens is 2.